The minimum atomic E-state index is -1.77. The lowest BCUT2D eigenvalue weighted by Gasteiger charge is -2.36. The van der Waals surface area contributed by atoms with Gasteiger partial charge in [0.1, 0.15) is 11.8 Å². The van der Waals surface area contributed by atoms with Crippen molar-refractivity contribution in [1.82, 2.24) is 4.90 Å². The van der Waals surface area contributed by atoms with Crippen LogP contribution in [0.25, 0.3) is 6.08 Å². The van der Waals surface area contributed by atoms with E-state index in [2.05, 4.69) is 6.07 Å². The number of nitriles is 1. The molecule has 1 saturated heterocycles. The number of hydrogen-bond acceptors (Lipinski definition) is 7. The van der Waals surface area contributed by atoms with Gasteiger partial charge in [-0.2, -0.15) is 5.26 Å². The lowest BCUT2D eigenvalue weighted by atomic mass is 9.67. The van der Waals surface area contributed by atoms with Crippen molar-refractivity contribution < 1.29 is 23.8 Å². The number of fused-ring (bicyclic) bond motifs is 3. The second-order valence-electron chi connectivity index (χ2n) is 10.6. The van der Waals surface area contributed by atoms with Crippen LogP contribution in [0, 0.1) is 16.7 Å². The Morgan fingerprint density at radius 2 is 1.44 bits per heavy atom. The van der Waals surface area contributed by atoms with Crippen LogP contribution in [0.15, 0.2) is 115 Å². The van der Waals surface area contributed by atoms with Gasteiger partial charge in [0.15, 0.2) is 11.5 Å². The molecule has 0 aliphatic carbocycles. The fourth-order valence-electron chi connectivity index (χ4n) is 6.52. The number of nitrogens with zero attached hydrogens (tertiary/aromatic N) is 2. The molecule has 0 bridgehead atoms. The Hall–Kier alpha value is -5.35. The SMILES string of the molecule is COC(=O)[C@@]1(C#N)[C@@H](c2ccc(OC)cc2)[C@H](C(=O)OC(c2ccccc2)c2ccccc2)N2C=Cc3ccccc3[C@@H]21. The fourth-order valence-corrected chi connectivity index (χ4v) is 6.52. The lowest BCUT2D eigenvalue weighted by Crippen LogP contribution is -2.41. The summed E-state index contributed by atoms with van der Waals surface area (Å²) in [5, 5.41) is 11.0. The quantitative estimate of drug-likeness (QED) is 0.244. The molecular formula is C36H30N2O5. The monoisotopic (exact) mass is 570 g/mol. The van der Waals surface area contributed by atoms with Gasteiger partial charge in [-0.05, 0) is 46.0 Å². The van der Waals surface area contributed by atoms with Crippen molar-refractivity contribution in [3.05, 3.63) is 143 Å². The number of methoxy groups -OCH3 is 2. The highest BCUT2D eigenvalue weighted by molar-refractivity contribution is 5.89. The molecule has 1 fully saturated rings. The molecule has 0 saturated carbocycles. The summed E-state index contributed by atoms with van der Waals surface area (Å²) in [4.78, 5) is 30.3. The predicted octanol–water partition coefficient (Wildman–Crippen LogP) is 6.20. The van der Waals surface area contributed by atoms with Gasteiger partial charge >= 0.3 is 11.9 Å². The molecule has 0 radical (unpaired) electrons. The third kappa shape index (κ3) is 4.61. The molecule has 2 aliphatic heterocycles. The normalized spacial score (nSPS) is 21.8. The van der Waals surface area contributed by atoms with Crippen molar-refractivity contribution in [3.63, 3.8) is 0 Å². The van der Waals surface area contributed by atoms with E-state index >= 15 is 0 Å². The molecule has 0 amide bonds. The van der Waals surface area contributed by atoms with Gasteiger partial charge in [0.25, 0.3) is 0 Å². The van der Waals surface area contributed by atoms with Crippen LogP contribution in [0.3, 0.4) is 0 Å². The molecule has 214 valence electrons. The van der Waals surface area contributed by atoms with Gasteiger partial charge in [-0.25, -0.2) is 4.79 Å². The van der Waals surface area contributed by atoms with Gasteiger partial charge in [0.05, 0.1) is 26.3 Å². The van der Waals surface area contributed by atoms with Crippen LogP contribution in [0.4, 0.5) is 0 Å². The summed E-state index contributed by atoms with van der Waals surface area (Å²) < 4.78 is 17.1. The topological polar surface area (TPSA) is 88.9 Å². The highest BCUT2D eigenvalue weighted by Crippen LogP contribution is 2.60. The second kappa shape index (κ2) is 11.5. The summed E-state index contributed by atoms with van der Waals surface area (Å²) in [6.07, 6.45) is 2.98. The van der Waals surface area contributed by atoms with Crippen LogP contribution in [-0.2, 0) is 19.1 Å². The molecule has 0 unspecified atom stereocenters. The molecule has 4 aromatic rings. The van der Waals surface area contributed by atoms with E-state index < -0.39 is 41.5 Å². The van der Waals surface area contributed by atoms with E-state index in [9.17, 15) is 14.9 Å². The molecule has 6 rings (SSSR count). The summed E-state index contributed by atoms with van der Waals surface area (Å²) in [6.45, 7) is 0. The fraction of sp³-hybridized carbons (Fsp3) is 0.194. The number of hydrogen-bond donors (Lipinski definition) is 0. The molecule has 43 heavy (non-hydrogen) atoms. The van der Waals surface area contributed by atoms with Gasteiger partial charge in [-0.3, -0.25) is 4.79 Å². The van der Waals surface area contributed by atoms with E-state index in [1.807, 2.05) is 91.0 Å². The maximum absolute atomic E-state index is 14.6. The van der Waals surface area contributed by atoms with Gasteiger partial charge in [-0.1, -0.05) is 97.1 Å². The molecule has 2 heterocycles. The van der Waals surface area contributed by atoms with Crippen molar-refractivity contribution in [2.75, 3.05) is 14.2 Å². The summed E-state index contributed by atoms with van der Waals surface area (Å²) in [5.41, 5.74) is 2.07. The number of rotatable bonds is 7. The molecule has 4 aromatic carbocycles. The molecule has 0 N–H and O–H groups in total. The summed E-state index contributed by atoms with van der Waals surface area (Å²) >= 11 is 0. The predicted molar refractivity (Wildman–Crippen MR) is 160 cm³/mol. The van der Waals surface area contributed by atoms with Gasteiger partial charge in [-0.15, -0.1) is 0 Å². The Morgan fingerprint density at radius 3 is 2.02 bits per heavy atom. The number of esters is 2. The maximum atomic E-state index is 14.6. The third-order valence-electron chi connectivity index (χ3n) is 8.44. The zero-order valence-corrected chi connectivity index (χ0v) is 23.8. The Balaban J connectivity index is 1.54. The molecule has 2 aliphatic rings. The Bertz CT molecular complexity index is 1660. The van der Waals surface area contributed by atoms with Crippen molar-refractivity contribution >= 4 is 18.0 Å². The van der Waals surface area contributed by atoms with Gasteiger partial charge in [0.2, 0.25) is 0 Å². The Kier molecular flexibility index (Phi) is 7.43. The van der Waals surface area contributed by atoms with E-state index in [0.29, 0.717) is 11.3 Å². The largest absolute Gasteiger partial charge is 0.497 e. The van der Waals surface area contributed by atoms with Crippen LogP contribution < -0.4 is 4.74 Å². The van der Waals surface area contributed by atoms with E-state index in [1.165, 1.54) is 7.11 Å². The number of carbonyl (C=O) groups is 2. The molecule has 7 nitrogen and oxygen atoms in total. The first-order valence-electron chi connectivity index (χ1n) is 14.0. The Morgan fingerprint density at radius 1 is 0.837 bits per heavy atom. The van der Waals surface area contributed by atoms with E-state index in [4.69, 9.17) is 14.2 Å². The smallest absolute Gasteiger partial charge is 0.330 e. The maximum Gasteiger partial charge on any atom is 0.330 e. The van der Waals surface area contributed by atoms with Crippen LogP contribution in [0.1, 0.15) is 45.9 Å². The first-order valence-corrected chi connectivity index (χ1v) is 14.0. The van der Waals surface area contributed by atoms with Crippen LogP contribution >= 0.6 is 0 Å². The van der Waals surface area contributed by atoms with Crippen molar-refractivity contribution in [1.29, 1.82) is 5.26 Å². The van der Waals surface area contributed by atoms with Crippen molar-refractivity contribution in [2.24, 2.45) is 5.41 Å². The number of carbonyl (C=O) groups excluding carboxylic acids is 2. The van der Waals surface area contributed by atoms with Crippen molar-refractivity contribution in [3.8, 4) is 11.8 Å². The Labute approximate surface area is 250 Å². The summed E-state index contributed by atoms with van der Waals surface area (Å²) in [7, 11) is 2.84. The molecule has 0 spiro atoms. The molecule has 4 atom stereocenters. The molecule has 7 heteroatoms. The minimum absolute atomic E-state index is 0.561. The van der Waals surface area contributed by atoms with Crippen LogP contribution in [-0.4, -0.2) is 37.1 Å². The first kappa shape index (κ1) is 27.8. The highest BCUT2D eigenvalue weighted by atomic mass is 16.5. The summed E-state index contributed by atoms with van der Waals surface area (Å²) in [6, 6.07) is 34.2. The average Bonchev–Trinajstić information content (AvgIpc) is 3.39. The first-order chi connectivity index (χ1) is 21.0. The summed E-state index contributed by atoms with van der Waals surface area (Å²) in [5.74, 6) is -1.60. The zero-order valence-electron chi connectivity index (χ0n) is 23.8. The second-order valence-corrected chi connectivity index (χ2v) is 10.6. The standard InChI is InChI=1S/C36H30N2O5/c1-41-28-19-17-25(18-20-28)30-31(34(39)43-32(26-12-5-3-6-13-26)27-14-7-4-8-15-27)38-22-21-24-11-9-10-16-29(24)33(38)36(30,23-37)35(40)42-2/h3-22,30-33H,1-2H3/t30-,31+,33+,36-/m0/s1. The minimum Gasteiger partial charge on any atom is -0.497 e. The molecule has 0 aromatic heterocycles. The molecular weight excluding hydrogens is 540 g/mol. The average molecular weight is 571 g/mol. The van der Waals surface area contributed by atoms with E-state index in [0.717, 1.165) is 22.3 Å². The van der Waals surface area contributed by atoms with Gasteiger partial charge in [0, 0.05) is 12.1 Å². The van der Waals surface area contributed by atoms with Crippen molar-refractivity contribution in [2.45, 2.75) is 24.1 Å². The highest BCUT2D eigenvalue weighted by Gasteiger charge is 2.68. The number of ether oxygens (including phenoxy) is 3. The van der Waals surface area contributed by atoms with Crippen LogP contribution in [0.2, 0.25) is 0 Å². The van der Waals surface area contributed by atoms with E-state index in [-0.39, 0.29) is 0 Å². The van der Waals surface area contributed by atoms with Crippen LogP contribution in [0.5, 0.6) is 5.75 Å². The number of benzene rings is 4. The van der Waals surface area contributed by atoms with E-state index in [1.54, 1.807) is 42.5 Å². The zero-order chi connectivity index (χ0) is 30.0. The van der Waals surface area contributed by atoms with Gasteiger partial charge < -0.3 is 19.1 Å². The lowest BCUT2D eigenvalue weighted by molar-refractivity contribution is -0.153. The third-order valence-corrected chi connectivity index (χ3v) is 8.44.